The van der Waals surface area contributed by atoms with Crippen molar-refractivity contribution in [2.45, 2.75) is 6.92 Å². The van der Waals surface area contributed by atoms with E-state index in [-0.39, 0.29) is 5.82 Å². The first kappa shape index (κ1) is 6.49. The van der Waals surface area contributed by atoms with E-state index in [1.807, 2.05) is 0 Å². The Morgan fingerprint density at radius 3 is 2.78 bits per heavy atom. The van der Waals surface area contributed by atoms with E-state index in [2.05, 4.69) is 4.98 Å². The van der Waals surface area contributed by atoms with Gasteiger partial charge in [0.05, 0.1) is 6.20 Å². The third-order valence-electron chi connectivity index (χ3n) is 1.01. The van der Waals surface area contributed by atoms with Crippen molar-refractivity contribution in [3.8, 4) is 0 Å². The number of hydrogen-bond donors (Lipinski definition) is 0. The summed E-state index contributed by atoms with van der Waals surface area (Å²) in [6.45, 7) is 1.64. The Morgan fingerprint density at radius 2 is 2.33 bits per heavy atom. The van der Waals surface area contributed by atoms with Crippen LogP contribution in [0.2, 0.25) is 5.15 Å². The number of halogens is 2. The fourth-order valence-electron chi connectivity index (χ4n) is 0.505. The molecule has 0 aliphatic carbocycles. The van der Waals surface area contributed by atoms with Crippen LogP contribution in [0.4, 0.5) is 4.39 Å². The normalized spacial score (nSPS) is 9.67. The van der Waals surface area contributed by atoms with Gasteiger partial charge in [0, 0.05) is 0 Å². The number of hydrogen-bond acceptors (Lipinski definition) is 1. The Hall–Kier alpha value is -0.630. The Kier molecular flexibility index (Phi) is 1.67. The van der Waals surface area contributed by atoms with E-state index in [0.717, 1.165) is 6.20 Å². The predicted molar refractivity (Wildman–Crippen MR) is 33.9 cm³/mol. The van der Waals surface area contributed by atoms with E-state index in [4.69, 9.17) is 11.6 Å². The molecule has 3 heteroatoms. The van der Waals surface area contributed by atoms with Crippen LogP contribution in [0, 0.1) is 12.7 Å². The van der Waals surface area contributed by atoms with Gasteiger partial charge in [0.25, 0.3) is 0 Å². The first-order valence-corrected chi connectivity index (χ1v) is 2.85. The Labute approximate surface area is 57.5 Å². The molecule has 0 bridgehead atoms. The zero-order valence-corrected chi connectivity index (χ0v) is 5.61. The van der Waals surface area contributed by atoms with E-state index in [0.29, 0.717) is 10.7 Å². The van der Waals surface area contributed by atoms with Gasteiger partial charge in [-0.2, -0.15) is 0 Å². The van der Waals surface area contributed by atoms with Crippen molar-refractivity contribution >= 4 is 11.6 Å². The van der Waals surface area contributed by atoms with Gasteiger partial charge < -0.3 is 0 Å². The molecular formula is C6H5ClFN. The molecule has 0 saturated heterocycles. The molecule has 0 unspecified atom stereocenters. The van der Waals surface area contributed by atoms with E-state index in [1.54, 1.807) is 6.92 Å². The molecule has 0 aliphatic rings. The van der Waals surface area contributed by atoms with Crippen molar-refractivity contribution < 1.29 is 4.39 Å². The number of rotatable bonds is 0. The summed E-state index contributed by atoms with van der Waals surface area (Å²) in [5.74, 6) is -0.320. The third kappa shape index (κ3) is 1.39. The standard InChI is InChI=1S/C6H5ClFN/c1-4-2-6(7)9-3-5(4)8/h2-3H,1H3. The minimum Gasteiger partial charge on any atom is -0.242 e. The van der Waals surface area contributed by atoms with E-state index < -0.39 is 0 Å². The maximum atomic E-state index is 12.4. The van der Waals surface area contributed by atoms with E-state index >= 15 is 0 Å². The van der Waals surface area contributed by atoms with Crippen LogP contribution in [-0.4, -0.2) is 4.98 Å². The summed E-state index contributed by atoms with van der Waals surface area (Å²) in [6.07, 6.45) is 1.11. The molecule has 1 heterocycles. The smallest absolute Gasteiger partial charge is 0.144 e. The average molecular weight is 146 g/mol. The van der Waals surface area contributed by atoms with Gasteiger partial charge in [-0.1, -0.05) is 11.6 Å². The average Bonchev–Trinajstić information content (AvgIpc) is 1.80. The molecule has 48 valence electrons. The van der Waals surface area contributed by atoms with Crippen LogP contribution in [0.15, 0.2) is 12.3 Å². The number of aryl methyl sites for hydroxylation is 1. The number of aromatic nitrogens is 1. The van der Waals surface area contributed by atoms with Crippen LogP contribution in [0.1, 0.15) is 5.56 Å². The fourth-order valence-corrected chi connectivity index (χ4v) is 0.717. The Morgan fingerprint density at radius 1 is 1.67 bits per heavy atom. The molecule has 9 heavy (non-hydrogen) atoms. The van der Waals surface area contributed by atoms with Crippen LogP contribution in [0.5, 0.6) is 0 Å². The van der Waals surface area contributed by atoms with Crippen LogP contribution >= 0.6 is 11.6 Å². The second-order valence-electron chi connectivity index (χ2n) is 1.76. The number of pyridine rings is 1. The fraction of sp³-hybridized carbons (Fsp3) is 0.167. The predicted octanol–water partition coefficient (Wildman–Crippen LogP) is 2.18. The molecule has 0 aromatic carbocycles. The van der Waals surface area contributed by atoms with Gasteiger partial charge in [0.15, 0.2) is 0 Å². The second-order valence-corrected chi connectivity index (χ2v) is 2.14. The highest BCUT2D eigenvalue weighted by Gasteiger charge is 1.95. The molecule has 0 saturated carbocycles. The van der Waals surface area contributed by atoms with Crippen LogP contribution in [0.25, 0.3) is 0 Å². The summed E-state index contributed by atoms with van der Waals surface area (Å²) in [5.41, 5.74) is 0.523. The molecule has 0 amide bonds. The minimum atomic E-state index is -0.320. The van der Waals surface area contributed by atoms with Crippen molar-refractivity contribution in [2.75, 3.05) is 0 Å². The molecule has 1 aromatic rings. The minimum absolute atomic E-state index is 0.320. The molecule has 0 N–H and O–H groups in total. The summed E-state index contributed by atoms with van der Waals surface area (Å²) in [4.78, 5) is 3.53. The lowest BCUT2D eigenvalue weighted by molar-refractivity contribution is 0.612. The molecule has 0 radical (unpaired) electrons. The topological polar surface area (TPSA) is 12.9 Å². The zero-order chi connectivity index (χ0) is 6.85. The first-order chi connectivity index (χ1) is 4.20. The second kappa shape index (κ2) is 2.31. The van der Waals surface area contributed by atoms with Crippen molar-refractivity contribution in [3.05, 3.63) is 28.8 Å². The molecule has 0 fully saturated rings. The monoisotopic (exact) mass is 145 g/mol. The zero-order valence-electron chi connectivity index (χ0n) is 4.86. The Balaban J connectivity index is 3.17. The van der Waals surface area contributed by atoms with Gasteiger partial charge >= 0.3 is 0 Å². The van der Waals surface area contributed by atoms with Gasteiger partial charge in [0.1, 0.15) is 11.0 Å². The lowest BCUT2D eigenvalue weighted by Gasteiger charge is -1.92. The van der Waals surface area contributed by atoms with Crippen molar-refractivity contribution in [1.82, 2.24) is 4.98 Å². The number of nitrogens with zero attached hydrogens (tertiary/aromatic N) is 1. The largest absolute Gasteiger partial charge is 0.242 e. The van der Waals surface area contributed by atoms with Gasteiger partial charge in [-0.3, -0.25) is 0 Å². The van der Waals surface area contributed by atoms with Crippen LogP contribution < -0.4 is 0 Å². The molecule has 1 nitrogen and oxygen atoms in total. The summed E-state index contributed by atoms with van der Waals surface area (Å²) < 4.78 is 12.4. The van der Waals surface area contributed by atoms with Gasteiger partial charge in [-0.25, -0.2) is 9.37 Å². The highest BCUT2D eigenvalue weighted by molar-refractivity contribution is 6.29. The Bertz CT molecular complexity index is 224. The van der Waals surface area contributed by atoms with Gasteiger partial charge in [-0.05, 0) is 18.6 Å². The van der Waals surface area contributed by atoms with Crippen molar-refractivity contribution in [2.24, 2.45) is 0 Å². The maximum Gasteiger partial charge on any atom is 0.144 e. The van der Waals surface area contributed by atoms with Crippen molar-refractivity contribution in [3.63, 3.8) is 0 Å². The SMILES string of the molecule is Cc1cc(Cl)ncc1F. The maximum absolute atomic E-state index is 12.4. The van der Waals surface area contributed by atoms with Crippen molar-refractivity contribution in [1.29, 1.82) is 0 Å². The molecule has 0 aliphatic heterocycles. The summed E-state index contributed by atoms with van der Waals surface area (Å²) >= 11 is 5.44. The summed E-state index contributed by atoms with van der Waals surface area (Å²) in [7, 11) is 0. The molecular weight excluding hydrogens is 141 g/mol. The summed E-state index contributed by atoms with van der Waals surface area (Å²) in [6, 6.07) is 1.48. The van der Waals surface area contributed by atoms with Crippen LogP contribution in [-0.2, 0) is 0 Å². The first-order valence-electron chi connectivity index (χ1n) is 2.48. The molecule has 0 spiro atoms. The molecule has 0 atom stereocenters. The lowest BCUT2D eigenvalue weighted by Crippen LogP contribution is -1.83. The van der Waals surface area contributed by atoms with Gasteiger partial charge in [0.2, 0.25) is 0 Å². The molecule has 1 aromatic heterocycles. The quantitative estimate of drug-likeness (QED) is 0.510. The van der Waals surface area contributed by atoms with E-state index in [9.17, 15) is 4.39 Å². The van der Waals surface area contributed by atoms with E-state index in [1.165, 1.54) is 6.07 Å². The third-order valence-corrected chi connectivity index (χ3v) is 1.22. The lowest BCUT2D eigenvalue weighted by atomic mass is 10.3. The highest BCUT2D eigenvalue weighted by Crippen LogP contribution is 2.09. The van der Waals surface area contributed by atoms with Crippen LogP contribution in [0.3, 0.4) is 0 Å². The highest BCUT2D eigenvalue weighted by atomic mass is 35.5. The molecule has 1 rings (SSSR count). The van der Waals surface area contributed by atoms with Gasteiger partial charge in [-0.15, -0.1) is 0 Å². The summed E-state index contributed by atoms with van der Waals surface area (Å²) in [5, 5.41) is 0.328.